The van der Waals surface area contributed by atoms with E-state index in [1.807, 2.05) is 34.6 Å². The highest BCUT2D eigenvalue weighted by atomic mass is 32.2. The molecular formula is C41H65N7O9S. The molecular weight excluding hydrogens is 767 g/mol. The van der Waals surface area contributed by atoms with E-state index >= 15 is 0 Å². The number of nitrogens with one attached hydrogen (secondary N) is 4. The van der Waals surface area contributed by atoms with Crippen LogP contribution in [0, 0.1) is 28.6 Å². The first kappa shape index (κ1) is 47.9. The molecule has 1 aliphatic heterocycles. The first-order chi connectivity index (χ1) is 26.9. The number of likely N-dealkylation sites (tertiary alicyclic amines) is 1. The molecule has 3 rings (SSSR count). The minimum atomic E-state index is -4.38. The van der Waals surface area contributed by atoms with Gasteiger partial charge >= 0.3 is 22.3 Å². The molecule has 2 aliphatic rings. The van der Waals surface area contributed by atoms with Gasteiger partial charge in [-0.2, -0.15) is 17.0 Å². The predicted molar refractivity (Wildman–Crippen MR) is 220 cm³/mol. The van der Waals surface area contributed by atoms with Gasteiger partial charge in [0.05, 0.1) is 6.04 Å². The van der Waals surface area contributed by atoms with Crippen LogP contribution in [0.5, 0.6) is 0 Å². The zero-order valence-electron chi connectivity index (χ0n) is 35.8. The Balaban J connectivity index is 1.79. The van der Waals surface area contributed by atoms with Crippen molar-refractivity contribution >= 4 is 45.8 Å². The number of benzene rings is 1. The van der Waals surface area contributed by atoms with Crippen LogP contribution >= 0.6 is 0 Å². The van der Waals surface area contributed by atoms with Gasteiger partial charge in [-0.05, 0) is 47.0 Å². The third-order valence-corrected chi connectivity index (χ3v) is 12.5. The van der Waals surface area contributed by atoms with Gasteiger partial charge in [0, 0.05) is 39.8 Å². The number of carbonyl (C=O) groups excluding carboxylic acids is 6. The molecule has 1 saturated carbocycles. The molecule has 1 heterocycles. The standard InChI is InChI=1S/C41H65N7O9S/c1-12-21-42-36(51)33(49)30(23-27-18-19-27)43-35(50)32-29(26(2)3)20-22-48(32)37(52)34(41(7,8)9)45-38(53)44-31(40(4,5)6)24-46(10)58(55,56)47(11)39(54)57-25-28-16-14-13-15-17-28/h12-17,26-27,29-32,34H,1,18-25H2,2-11H3,(H,42,51)(H,43,50)(H2,44,45,53)/t29-,30?,31-,32+,34-/m1/s1. The lowest BCUT2D eigenvalue weighted by atomic mass is 9.84. The number of ketones is 1. The second-order valence-electron chi connectivity index (χ2n) is 17.9. The zero-order chi connectivity index (χ0) is 43.7. The molecule has 1 aromatic rings. The Kier molecular flexibility index (Phi) is 16.5. The number of hydrogen-bond acceptors (Lipinski definition) is 9. The summed E-state index contributed by atoms with van der Waals surface area (Å²) in [6.07, 6.45) is 2.97. The van der Waals surface area contributed by atoms with E-state index in [2.05, 4.69) is 27.8 Å². The van der Waals surface area contributed by atoms with Crippen LogP contribution in [0.15, 0.2) is 43.0 Å². The van der Waals surface area contributed by atoms with Gasteiger partial charge in [-0.1, -0.05) is 105 Å². The maximum atomic E-state index is 14.5. The molecule has 0 aromatic heterocycles. The number of urea groups is 1. The van der Waals surface area contributed by atoms with Crippen LogP contribution in [0.1, 0.15) is 86.6 Å². The van der Waals surface area contributed by atoms with Crippen LogP contribution in [0.4, 0.5) is 9.59 Å². The number of carbonyl (C=O) groups is 6. The first-order valence-electron chi connectivity index (χ1n) is 19.9. The Labute approximate surface area is 344 Å². The molecule has 0 bridgehead atoms. The molecule has 6 amide bonds. The van der Waals surface area contributed by atoms with Gasteiger partial charge in [-0.25, -0.2) is 9.59 Å². The summed E-state index contributed by atoms with van der Waals surface area (Å²) in [5.41, 5.74) is -0.864. The number of hydrogen-bond donors (Lipinski definition) is 4. The SMILES string of the molecule is C=CCNC(=O)C(=O)C(CC1CC1)NC(=O)[C@@H]1[C@@H](C(C)C)CCN1C(=O)[C@@H](NC(=O)N[C@H](CN(C)S(=O)(=O)N(C)C(=O)OCc1ccccc1)C(C)(C)C)C(C)(C)C. The molecule has 58 heavy (non-hydrogen) atoms. The van der Waals surface area contributed by atoms with E-state index in [1.54, 1.807) is 51.1 Å². The van der Waals surface area contributed by atoms with Gasteiger partial charge in [-0.3, -0.25) is 19.2 Å². The fourth-order valence-electron chi connectivity index (χ4n) is 6.83. The lowest BCUT2D eigenvalue weighted by molar-refractivity contribution is -0.144. The topological polar surface area (TPSA) is 204 Å². The van der Waals surface area contributed by atoms with Gasteiger partial charge in [0.25, 0.3) is 5.91 Å². The molecule has 1 saturated heterocycles. The summed E-state index contributed by atoms with van der Waals surface area (Å²) in [4.78, 5) is 82.6. The number of rotatable bonds is 18. The van der Waals surface area contributed by atoms with Crippen LogP contribution in [-0.4, -0.2) is 115 Å². The summed E-state index contributed by atoms with van der Waals surface area (Å²) in [5.74, 6) is -2.69. The van der Waals surface area contributed by atoms with Crippen molar-refractivity contribution in [1.82, 2.24) is 34.8 Å². The molecule has 0 radical (unpaired) electrons. The average Bonchev–Trinajstić information content (AvgIpc) is 3.85. The number of ether oxygens (including phenoxy) is 1. The number of amides is 6. The van der Waals surface area contributed by atoms with Gasteiger partial charge in [-0.15, -0.1) is 6.58 Å². The van der Waals surface area contributed by atoms with Crippen molar-refractivity contribution in [2.24, 2.45) is 28.6 Å². The summed E-state index contributed by atoms with van der Waals surface area (Å²) in [7, 11) is -2.01. The monoisotopic (exact) mass is 831 g/mol. The van der Waals surface area contributed by atoms with Crippen molar-refractivity contribution in [2.75, 3.05) is 33.7 Å². The van der Waals surface area contributed by atoms with Gasteiger partial charge in [0.15, 0.2) is 0 Å². The van der Waals surface area contributed by atoms with Crippen LogP contribution in [0.25, 0.3) is 0 Å². The van der Waals surface area contributed by atoms with Gasteiger partial charge in [0.1, 0.15) is 18.7 Å². The molecule has 5 atom stereocenters. The minimum Gasteiger partial charge on any atom is -0.444 e. The van der Waals surface area contributed by atoms with E-state index < -0.39 is 80.8 Å². The lowest BCUT2D eigenvalue weighted by Crippen LogP contribution is -2.62. The highest BCUT2D eigenvalue weighted by Crippen LogP contribution is 2.36. The number of likely N-dealkylation sites (N-methyl/N-ethyl adjacent to an activating group) is 1. The Morgan fingerprint density at radius 3 is 2.09 bits per heavy atom. The predicted octanol–water partition coefficient (Wildman–Crippen LogP) is 3.59. The van der Waals surface area contributed by atoms with Crippen LogP contribution < -0.4 is 21.3 Å². The molecule has 4 N–H and O–H groups in total. The molecule has 17 heteroatoms. The summed E-state index contributed by atoms with van der Waals surface area (Å²) in [6, 6.07) is 4.11. The summed E-state index contributed by atoms with van der Waals surface area (Å²) >= 11 is 0. The molecule has 1 unspecified atom stereocenters. The fourth-order valence-corrected chi connectivity index (χ4v) is 7.83. The maximum Gasteiger partial charge on any atom is 0.424 e. The summed E-state index contributed by atoms with van der Waals surface area (Å²) in [6.45, 7) is 18.2. The van der Waals surface area contributed by atoms with Gasteiger partial charge in [0.2, 0.25) is 17.6 Å². The fraction of sp³-hybridized carbons (Fsp3) is 0.659. The number of nitrogens with zero attached hydrogens (tertiary/aromatic N) is 3. The van der Waals surface area contributed by atoms with E-state index in [0.29, 0.717) is 22.7 Å². The summed E-state index contributed by atoms with van der Waals surface area (Å²) < 4.78 is 33.6. The maximum absolute atomic E-state index is 14.5. The van der Waals surface area contributed by atoms with Gasteiger partial charge < -0.3 is 30.9 Å². The summed E-state index contributed by atoms with van der Waals surface area (Å²) in [5, 5.41) is 11.0. The molecule has 0 spiro atoms. The second-order valence-corrected chi connectivity index (χ2v) is 20.0. The third-order valence-electron chi connectivity index (χ3n) is 10.8. The zero-order valence-corrected chi connectivity index (χ0v) is 36.6. The highest BCUT2D eigenvalue weighted by Gasteiger charge is 2.48. The normalized spacial score (nSPS) is 18.8. The molecule has 324 valence electrons. The van der Waals surface area contributed by atoms with E-state index in [0.717, 1.165) is 24.2 Å². The quantitative estimate of drug-likeness (QED) is 0.126. The van der Waals surface area contributed by atoms with Crippen LogP contribution in [0.3, 0.4) is 0 Å². The molecule has 16 nitrogen and oxygen atoms in total. The second kappa shape index (κ2) is 20.0. The minimum absolute atomic E-state index is 0.0167. The third kappa shape index (κ3) is 13.0. The van der Waals surface area contributed by atoms with Crippen LogP contribution in [-0.2, 0) is 40.7 Å². The Morgan fingerprint density at radius 2 is 1.55 bits per heavy atom. The van der Waals surface area contributed by atoms with Crippen molar-refractivity contribution in [1.29, 1.82) is 0 Å². The lowest BCUT2D eigenvalue weighted by Gasteiger charge is -2.38. The van der Waals surface area contributed by atoms with Crippen molar-refractivity contribution < 1.29 is 41.9 Å². The largest absolute Gasteiger partial charge is 0.444 e. The Hall–Kier alpha value is -4.51. The van der Waals surface area contributed by atoms with Crippen molar-refractivity contribution in [3.8, 4) is 0 Å². The van der Waals surface area contributed by atoms with Crippen molar-refractivity contribution in [3.05, 3.63) is 48.6 Å². The molecule has 1 aliphatic carbocycles. The van der Waals surface area contributed by atoms with E-state index in [1.165, 1.54) is 18.0 Å². The van der Waals surface area contributed by atoms with E-state index in [-0.39, 0.29) is 44.0 Å². The highest BCUT2D eigenvalue weighted by molar-refractivity contribution is 7.87. The van der Waals surface area contributed by atoms with E-state index in [4.69, 9.17) is 4.74 Å². The smallest absolute Gasteiger partial charge is 0.424 e. The van der Waals surface area contributed by atoms with Crippen molar-refractivity contribution in [3.63, 3.8) is 0 Å². The van der Waals surface area contributed by atoms with E-state index in [9.17, 15) is 37.2 Å². The average molecular weight is 832 g/mol. The number of Topliss-reactive ketones (excluding diaryl/α,β-unsaturated/α-hetero) is 1. The first-order valence-corrected chi connectivity index (χ1v) is 21.3. The molecule has 1 aromatic carbocycles. The Bertz CT molecular complexity index is 1750. The van der Waals surface area contributed by atoms with Crippen molar-refractivity contribution in [2.45, 2.75) is 112 Å². The van der Waals surface area contributed by atoms with Crippen LogP contribution in [0.2, 0.25) is 0 Å². The molecule has 2 fully saturated rings. The Morgan fingerprint density at radius 1 is 0.931 bits per heavy atom.